The number of oxazole rings is 1. The van der Waals surface area contributed by atoms with Crippen LogP contribution in [0.1, 0.15) is 62.4 Å². The molecule has 1 aliphatic heterocycles. The maximum absolute atomic E-state index is 13.6. The number of hydrogen-bond donors (Lipinski definition) is 2. The van der Waals surface area contributed by atoms with E-state index in [2.05, 4.69) is 38.8 Å². The van der Waals surface area contributed by atoms with E-state index in [1.165, 1.54) is 36.4 Å². The standard InChI is InChI=1S/C26H28FN7O2/c1-15(2)33-22(35)18-12-28-23(30-17-3-4-19-16(11-17)5-10-29-26(19)8-9-26)32-21(18)34(33)24-31-20(13-36-24)25(14-27)6-7-25/h3-4,11-13,15,29H,5-10,14H2,1-2H3,(H,28,30,32). The number of benzene rings is 1. The lowest BCUT2D eigenvalue weighted by Crippen LogP contribution is -2.36. The van der Waals surface area contributed by atoms with E-state index in [1.807, 2.05) is 13.8 Å². The first-order valence-electron chi connectivity index (χ1n) is 12.6. The molecule has 3 aliphatic rings. The second-order valence-electron chi connectivity index (χ2n) is 10.7. The van der Waals surface area contributed by atoms with Gasteiger partial charge in [-0.05, 0) is 69.2 Å². The third-order valence-electron chi connectivity index (χ3n) is 7.92. The van der Waals surface area contributed by atoms with Crippen molar-refractivity contribution in [2.75, 3.05) is 18.5 Å². The molecule has 0 bridgehead atoms. The van der Waals surface area contributed by atoms with Crippen LogP contribution < -0.4 is 16.2 Å². The van der Waals surface area contributed by atoms with E-state index in [-0.39, 0.29) is 23.2 Å². The smallest absolute Gasteiger partial charge is 0.323 e. The van der Waals surface area contributed by atoms with Crippen LogP contribution in [0.15, 0.2) is 39.9 Å². The van der Waals surface area contributed by atoms with E-state index in [9.17, 15) is 9.18 Å². The third kappa shape index (κ3) is 3.16. The van der Waals surface area contributed by atoms with Crippen molar-refractivity contribution >= 4 is 22.7 Å². The minimum absolute atomic E-state index is 0.174. The maximum Gasteiger partial charge on any atom is 0.323 e. The zero-order chi connectivity index (χ0) is 24.7. The van der Waals surface area contributed by atoms with Crippen LogP contribution in [0.3, 0.4) is 0 Å². The van der Waals surface area contributed by atoms with Crippen LogP contribution in [-0.2, 0) is 17.4 Å². The molecule has 36 heavy (non-hydrogen) atoms. The molecule has 3 aromatic heterocycles. The number of fused-ring (bicyclic) bond motifs is 3. The molecule has 2 N–H and O–H groups in total. The molecular weight excluding hydrogens is 461 g/mol. The Morgan fingerprint density at radius 2 is 2.06 bits per heavy atom. The molecule has 7 rings (SSSR count). The van der Waals surface area contributed by atoms with Crippen LogP contribution in [0.25, 0.3) is 17.0 Å². The van der Waals surface area contributed by atoms with E-state index >= 15 is 0 Å². The van der Waals surface area contributed by atoms with Gasteiger partial charge >= 0.3 is 6.01 Å². The van der Waals surface area contributed by atoms with E-state index in [1.54, 1.807) is 9.36 Å². The highest BCUT2D eigenvalue weighted by molar-refractivity contribution is 5.76. The van der Waals surface area contributed by atoms with Gasteiger partial charge in [-0.3, -0.25) is 9.18 Å². The van der Waals surface area contributed by atoms with E-state index in [0.717, 1.165) is 31.5 Å². The molecule has 2 aliphatic carbocycles. The summed E-state index contributed by atoms with van der Waals surface area (Å²) in [5.74, 6) is 0.376. The summed E-state index contributed by atoms with van der Waals surface area (Å²) in [5, 5.41) is 7.34. The Morgan fingerprint density at radius 3 is 2.78 bits per heavy atom. The molecule has 2 saturated carbocycles. The minimum atomic E-state index is -0.559. The van der Waals surface area contributed by atoms with Crippen molar-refractivity contribution in [3.8, 4) is 6.01 Å². The average molecular weight is 490 g/mol. The summed E-state index contributed by atoms with van der Waals surface area (Å²) in [5.41, 5.74) is 3.99. The molecule has 1 spiro atoms. The van der Waals surface area contributed by atoms with Crippen molar-refractivity contribution in [3.05, 3.63) is 57.8 Å². The Morgan fingerprint density at radius 1 is 1.22 bits per heavy atom. The largest absolute Gasteiger partial charge is 0.430 e. The molecule has 10 heteroatoms. The number of hydrogen-bond acceptors (Lipinski definition) is 7. The van der Waals surface area contributed by atoms with E-state index in [0.29, 0.717) is 22.7 Å². The highest BCUT2D eigenvalue weighted by Crippen LogP contribution is 2.49. The van der Waals surface area contributed by atoms with Crippen LogP contribution >= 0.6 is 0 Å². The zero-order valence-corrected chi connectivity index (χ0v) is 20.3. The normalized spacial score (nSPS) is 19.1. The summed E-state index contributed by atoms with van der Waals surface area (Å²) < 4.78 is 22.5. The molecule has 0 unspecified atom stereocenters. The van der Waals surface area contributed by atoms with Crippen molar-refractivity contribution < 1.29 is 8.81 Å². The topological polar surface area (TPSA) is 103 Å². The number of aromatic nitrogens is 5. The average Bonchev–Trinajstić information content (AvgIpc) is 3.76. The van der Waals surface area contributed by atoms with Gasteiger partial charge in [-0.25, -0.2) is 9.67 Å². The van der Waals surface area contributed by atoms with Crippen LogP contribution in [0, 0.1) is 0 Å². The Hall–Kier alpha value is -3.53. The lowest BCUT2D eigenvalue weighted by atomic mass is 9.92. The predicted molar refractivity (Wildman–Crippen MR) is 133 cm³/mol. The van der Waals surface area contributed by atoms with Crippen LogP contribution in [-0.4, -0.2) is 37.5 Å². The van der Waals surface area contributed by atoms with Gasteiger partial charge < -0.3 is 15.1 Å². The monoisotopic (exact) mass is 489 g/mol. The number of alkyl halides is 1. The summed E-state index contributed by atoms with van der Waals surface area (Å²) >= 11 is 0. The molecule has 9 nitrogen and oxygen atoms in total. The van der Waals surface area contributed by atoms with Crippen LogP contribution in [0.4, 0.5) is 16.0 Å². The van der Waals surface area contributed by atoms with Crippen molar-refractivity contribution in [3.63, 3.8) is 0 Å². The highest BCUT2D eigenvalue weighted by atomic mass is 19.1. The number of halogens is 1. The van der Waals surface area contributed by atoms with Gasteiger partial charge in [-0.1, -0.05) is 6.07 Å². The lowest BCUT2D eigenvalue weighted by molar-refractivity contribution is 0.410. The van der Waals surface area contributed by atoms with Crippen molar-refractivity contribution in [1.82, 2.24) is 29.6 Å². The summed E-state index contributed by atoms with van der Waals surface area (Å²) in [4.78, 5) is 27.0. The van der Waals surface area contributed by atoms with E-state index < -0.39 is 12.1 Å². The Bertz CT molecular complexity index is 1560. The van der Waals surface area contributed by atoms with Gasteiger partial charge in [-0.15, -0.1) is 0 Å². The molecule has 0 saturated heterocycles. The summed E-state index contributed by atoms with van der Waals surface area (Å²) in [6.45, 7) is 4.32. The van der Waals surface area contributed by atoms with Crippen molar-refractivity contribution in [1.29, 1.82) is 0 Å². The number of rotatable bonds is 6. The molecule has 0 atom stereocenters. The predicted octanol–water partition coefficient (Wildman–Crippen LogP) is 4.03. The van der Waals surface area contributed by atoms with Gasteiger partial charge in [0.05, 0.1) is 5.69 Å². The molecule has 186 valence electrons. The summed E-state index contributed by atoms with van der Waals surface area (Å²) in [7, 11) is 0. The van der Waals surface area contributed by atoms with Gasteiger partial charge in [0.15, 0.2) is 5.65 Å². The fraction of sp³-hybridized carbons (Fsp3) is 0.462. The van der Waals surface area contributed by atoms with Crippen molar-refractivity contribution in [2.24, 2.45) is 0 Å². The molecule has 0 amide bonds. The Kier molecular flexibility index (Phi) is 4.52. The molecule has 4 aromatic rings. The van der Waals surface area contributed by atoms with Gasteiger partial charge in [0.1, 0.15) is 18.3 Å². The Balaban J connectivity index is 1.29. The second kappa shape index (κ2) is 7.49. The molecule has 1 aromatic carbocycles. The van der Waals surface area contributed by atoms with Crippen LogP contribution in [0.2, 0.25) is 0 Å². The fourth-order valence-electron chi connectivity index (χ4n) is 5.50. The van der Waals surface area contributed by atoms with Gasteiger partial charge in [0.2, 0.25) is 5.95 Å². The van der Waals surface area contributed by atoms with Gasteiger partial charge in [0, 0.05) is 35.4 Å². The first-order valence-corrected chi connectivity index (χ1v) is 12.6. The number of nitrogens with one attached hydrogen (secondary N) is 2. The van der Waals surface area contributed by atoms with Crippen molar-refractivity contribution in [2.45, 2.75) is 62.9 Å². The minimum Gasteiger partial charge on any atom is -0.430 e. The third-order valence-corrected chi connectivity index (χ3v) is 7.92. The Labute approximate surface area is 206 Å². The first-order chi connectivity index (χ1) is 17.4. The fourth-order valence-corrected chi connectivity index (χ4v) is 5.50. The highest BCUT2D eigenvalue weighted by Gasteiger charge is 2.48. The first kappa shape index (κ1) is 21.7. The zero-order valence-electron chi connectivity index (χ0n) is 20.3. The van der Waals surface area contributed by atoms with Crippen LogP contribution in [0.5, 0.6) is 0 Å². The summed E-state index contributed by atoms with van der Waals surface area (Å²) in [6, 6.07) is 6.43. The van der Waals surface area contributed by atoms with E-state index in [4.69, 9.17) is 9.40 Å². The van der Waals surface area contributed by atoms with Gasteiger partial charge in [-0.2, -0.15) is 14.6 Å². The lowest BCUT2D eigenvalue weighted by Gasteiger charge is -2.27. The number of anilines is 2. The quantitative estimate of drug-likeness (QED) is 0.422. The molecule has 2 fully saturated rings. The SMILES string of the molecule is CC(C)n1c(=O)c2cnc(Nc3ccc4c(c3)CCNC43CC3)nc2n1-c1nc(C2(CF)CC2)co1. The summed E-state index contributed by atoms with van der Waals surface area (Å²) in [6.07, 6.45) is 7.88. The molecular formula is C26H28FN7O2. The number of nitrogens with zero attached hydrogens (tertiary/aromatic N) is 5. The molecule has 0 radical (unpaired) electrons. The van der Waals surface area contributed by atoms with Gasteiger partial charge in [0.25, 0.3) is 5.56 Å². The second-order valence-corrected chi connectivity index (χ2v) is 10.7. The maximum atomic E-state index is 13.6. The molecule has 4 heterocycles.